The van der Waals surface area contributed by atoms with Gasteiger partial charge in [0, 0.05) is 28.6 Å². The van der Waals surface area contributed by atoms with Gasteiger partial charge in [0.05, 0.1) is 22.5 Å². The van der Waals surface area contributed by atoms with Gasteiger partial charge in [0.1, 0.15) is 23.1 Å². The molecule has 0 saturated heterocycles. The molecule has 0 spiro atoms. The van der Waals surface area contributed by atoms with Crippen LogP contribution in [-0.2, 0) is 4.79 Å². The Balaban J connectivity index is 1.99. The Morgan fingerprint density at radius 3 is 2.53 bits per heavy atom. The van der Waals surface area contributed by atoms with E-state index in [4.69, 9.17) is 5.73 Å². The first-order valence-electron chi connectivity index (χ1n) is 8.99. The van der Waals surface area contributed by atoms with Crippen molar-refractivity contribution in [2.45, 2.75) is 25.2 Å². The van der Waals surface area contributed by atoms with Crippen molar-refractivity contribution in [1.29, 1.82) is 5.26 Å². The van der Waals surface area contributed by atoms with E-state index >= 15 is 0 Å². The number of nitrogens with two attached hydrogens (primary N) is 1. The van der Waals surface area contributed by atoms with E-state index in [9.17, 15) is 29.0 Å². The summed E-state index contributed by atoms with van der Waals surface area (Å²) in [5, 5.41) is 20.8. The number of hydrogen-bond donors (Lipinski definition) is 1. The summed E-state index contributed by atoms with van der Waals surface area (Å²) in [7, 11) is 0. The third kappa shape index (κ3) is 2.95. The first-order chi connectivity index (χ1) is 14.3. The first kappa shape index (κ1) is 19.7. The Labute approximate surface area is 173 Å². The van der Waals surface area contributed by atoms with Crippen molar-refractivity contribution in [2.75, 3.05) is 4.90 Å². The fourth-order valence-electron chi connectivity index (χ4n) is 3.92. The van der Waals surface area contributed by atoms with Gasteiger partial charge in [-0.3, -0.25) is 19.8 Å². The first-order valence-corrected chi connectivity index (χ1v) is 9.81. The molecule has 2 aromatic rings. The highest BCUT2D eigenvalue weighted by atomic mass is 32.1. The van der Waals surface area contributed by atoms with Crippen molar-refractivity contribution in [3.05, 3.63) is 79.6 Å². The molecule has 1 aliphatic heterocycles. The molecule has 2 N–H and O–H groups in total. The van der Waals surface area contributed by atoms with Crippen molar-refractivity contribution >= 4 is 27.8 Å². The average molecular weight is 428 g/mol. The molecule has 1 atom stereocenters. The van der Waals surface area contributed by atoms with Crippen molar-refractivity contribution in [2.24, 2.45) is 5.73 Å². The number of rotatable bonds is 3. The second kappa shape index (κ2) is 7.35. The number of hydrogen-bond acceptors (Lipinski definition) is 7. The Kier molecular flexibility index (Phi) is 4.83. The highest BCUT2D eigenvalue weighted by Gasteiger charge is 2.42. The summed E-state index contributed by atoms with van der Waals surface area (Å²) in [4.78, 5) is 25.0. The number of nitro groups is 1. The number of ketones is 1. The predicted molar refractivity (Wildman–Crippen MR) is 105 cm³/mol. The number of thiophene rings is 1. The van der Waals surface area contributed by atoms with Gasteiger partial charge < -0.3 is 5.73 Å². The zero-order chi connectivity index (χ0) is 21.6. The van der Waals surface area contributed by atoms with Crippen molar-refractivity contribution < 1.29 is 18.5 Å². The van der Waals surface area contributed by atoms with Crippen molar-refractivity contribution in [3.63, 3.8) is 0 Å². The van der Waals surface area contributed by atoms with Crippen LogP contribution in [-0.4, -0.2) is 10.7 Å². The van der Waals surface area contributed by atoms with E-state index in [1.54, 1.807) is 0 Å². The van der Waals surface area contributed by atoms with Gasteiger partial charge in [-0.2, -0.15) is 5.26 Å². The number of nitrogens with zero attached hydrogens (tertiary/aromatic N) is 3. The fraction of sp³-hybridized carbons (Fsp3) is 0.200. The van der Waals surface area contributed by atoms with Gasteiger partial charge in [-0.15, -0.1) is 0 Å². The molecule has 4 rings (SSSR count). The number of benzene rings is 1. The number of anilines is 1. The van der Waals surface area contributed by atoms with E-state index in [-0.39, 0.29) is 34.2 Å². The number of nitriles is 1. The van der Waals surface area contributed by atoms with Gasteiger partial charge >= 0.3 is 5.00 Å². The molecule has 0 amide bonds. The number of allylic oxidation sites excluding steroid dienone is 3. The topological polar surface area (TPSA) is 113 Å². The normalized spacial score (nSPS) is 19.0. The lowest BCUT2D eigenvalue weighted by molar-refractivity contribution is -0.380. The van der Waals surface area contributed by atoms with Crippen LogP contribution in [0.5, 0.6) is 0 Å². The van der Waals surface area contributed by atoms with Crippen LogP contribution in [0.15, 0.2) is 53.0 Å². The Morgan fingerprint density at radius 1 is 1.23 bits per heavy atom. The molecular formula is C20H14F2N4O3S. The quantitative estimate of drug-likeness (QED) is 0.578. The van der Waals surface area contributed by atoms with Crippen LogP contribution >= 0.6 is 11.3 Å². The van der Waals surface area contributed by atoms with E-state index < -0.39 is 28.2 Å². The standard InChI is InChI=1S/C20H14F2N4O3S/c21-11-3-1-4-12(22)19(11)25-13-5-2-6-14(27)18(13)17(10(9-23)20(25)24)15-7-8-16(30-15)26(28)29/h1,3-4,7-8,17H,2,5-6,24H2. The zero-order valence-electron chi connectivity index (χ0n) is 15.4. The summed E-state index contributed by atoms with van der Waals surface area (Å²) < 4.78 is 29.2. The van der Waals surface area contributed by atoms with E-state index in [2.05, 4.69) is 0 Å². The van der Waals surface area contributed by atoms with Crippen LogP contribution in [0.3, 0.4) is 0 Å². The number of halogens is 2. The zero-order valence-corrected chi connectivity index (χ0v) is 16.2. The Bertz CT molecular complexity index is 1170. The number of carbonyl (C=O) groups excluding carboxylic acids is 1. The molecule has 1 aromatic heterocycles. The van der Waals surface area contributed by atoms with E-state index in [0.717, 1.165) is 28.4 Å². The van der Waals surface area contributed by atoms with Gasteiger partial charge in [0.15, 0.2) is 5.78 Å². The molecule has 2 heterocycles. The monoisotopic (exact) mass is 428 g/mol. The number of carbonyl (C=O) groups is 1. The summed E-state index contributed by atoms with van der Waals surface area (Å²) in [6.07, 6.45) is 0.976. The second-order valence-corrected chi connectivity index (χ2v) is 7.91. The molecule has 0 saturated carbocycles. The van der Waals surface area contributed by atoms with Crippen LogP contribution in [0.2, 0.25) is 0 Å². The minimum absolute atomic E-state index is 0.0802. The summed E-state index contributed by atoms with van der Waals surface area (Å²) in [5.41, 5.74) is 6.20. The third-order valence-corrected chi connectivity index (χ3v) is 6.25. The molecule has 0 fully saturated rings. The van der Waals surface area contributed by atoms with Crippen molar-refractivity contribution in [1.82, 2.24) is 0 Å². The van der Waals surface area contributed by atoms with Crippen LogP contribution in [0.4, 0.5) is 19.5 Å². The van der Waals surface area contributed by atoms with E-state index in [0.29, 0.717) is 23.4 Å². The maximum absolute atomic E-state index is 14.6. The molecule has 7 nitrogen and oxygen atoms in total. The average Bonchev–Trinajstić information content (AvgIpc) is 3.19. The lowest BCUT2D eigenvalue weighted by Gasteiger charge is -2.39. The molecule has 30 heavy (non-hydrogen) atoms. The van der Waals surface area contributed by atoms with Crippen LogP contribution in [0, 0.1) is 33.1 Å². The lowest BCUT2D eigenvalue weighted by atomic mass is 9.78. The fourth-order valence-corrected chi connectivity index (χ4v) is 4.87. The van der Waals surface area contributed by atoms with Gasteiger partial charge in [0.2, 0.25) is 0 Å². The van der Waals surface area contributed by atoms with Crippen LogP contribution in [0.1, 0.15) is 30.1 Å². The molecular weight excluding hydrogens is 414 g/mol. The maximum atomic E-state index is 14.6. The SMILES string of the molecule is N#CC1=C(N)N(c2c(F)cccc2F)C2=C(C(=O)CCC2)C1c1ccc([N+](=O)[O-])s1. The van der Waals surface area contributed by atoms with Crippen LogP contribution < -0.4 is 10.6 Å². The van der Waals surface area contributed by atoms with E-state index in [1.165, 1.54) is 18.2 Å². The molecule has 0 radical (unpaired) electrons. The van der Waals surface area contributed by atoms with Gasteiger partial charge in [-0.05, 0) is 31.0 Å². The summed E-state index contributed by atoms with van der Waals surface area (Å²) in [6, 6.07) is 8.06. The van der Waals surface area contributed by atoms with Crippen molar-refractivity contribution in [3.8, 4) is 6.07 Å². The van der Waals surface area contributed by atoms with E-state index in [1.807, 2.05) is 6.07 Å². The lowest BCUT2D eigenvalue weighted by Crippen LogP contribution is -2.39. The summed E-state index contributed by atoms with van der Waals surface area (Å²) >= 11 is 0.837. The highest BCUT2D eigenvalue weighted by molar-refractivity contribution is 7.15. The molecule has 2 aliphatic rings. The Hall–Kier alpha value is -3.58. The van der Waals surface area contributed by atoms with Crippen LogP contribution in [0.25, 0.3) is 0 Å². The molecule has 1 aromatic carbocycles. The smallest absolute Gasteiger partial charge is 0.324 e. The molecule has 10 heteroatoms. The van der Waals surface area contributed by atoms with Gasteiger partial charge in [0.25, 0.3) is 0 Å². The minimum Gasteiger partial charge on any atom is -0.384 e. The summed E-state index contributed by atoms with van der Waals surface area (Å²) in [5.74, 6) is -3.16. The number of Topliss-reactive ketones (excluding diaryl/α,β-unsaturated/α-hetero) is 1. The second-order valence-electron chi connectivity index (χ2n) is 6.82. The minimum atomic E-state index is -0.914. The molecule has 1 aliphatic carbocycles. The third-order valence-electron chi connectivity index (χ3n) is 5.15. The van der Waals surface area contributed by atoms with Gasteiger partial charge in [-0.25, -0.2) is 8.78 Å². The Morgan fingerprint density at radius 2 is 1.93 bits per heavy atom. The summed E-state index contributed by atoms with van der Waals surface area (Å²) in [6.45, 7) is 0. The van der Waals surface area contributed by atoms with Gasteiger partial charge in [-0.1, -0.05) is 17.4 Å². The molecule has 1 unspecified atom stereocenters. The number of para-hydroxylation sites is 1. The largest absolute Gasteiger partial charge is 0.384 e. The molecule has 0 bridgehead atoms. The highest BCUT2D eigenvalue weighted by Crippen LogP contribution is 2.49. The predicted octanol–water partition coefficient (Wildman–Crippen LogP) is 4.24. The maximum Gasteiger partial charge on any atom is 0.324 e. The molecule has 152 valence electrons.